The van der Waals surface area contributed by atoms with E-state index in [-0.39, 0.29) is 24.8 Å². The van der Waals surface area contributed by atoms with Gasteiger partial charge in [-0.15, -0.1) is 12.4 Å². The number of carbonyl (C=O) groups excluding carboxylic acids is 1. The molecule has 0 saturated carbocycles. The number of rotatable bonds is 2. The molecular formula is C10H8ClF6NO. The van der Waals surface area contributed by atoms with Crippen molar-refractivity contribution in [1.82, 2.24) is 0 Å². The molecule has 0 aliphatic rings. The molecule has 2 nitrogen and oxygen atoms in total. The number of halogens is 7. The number of benzene rings is 1. The van der Waals surface area contributed by atoms with E-state index in [1.165, 1.54) is 0 Å². The topological polar surface area (TPSA) is 43.1 Å². The van der Waals surface area contributed by atoms with Crippen molar-refractivity contribution >= 4 is 18.7 Å². The normalized spacial score (nSPS) is 13.6. The molecule has 9 heteroatoms. The summed E-state index contributed by atoms with van der Waals surface area (Å²) < 4.78 is 74.4. The molecule has 108 valence electrons. The minimum atomic E-state index is -4.95. The lowest BCUT2D eigenvalue weighted by Gasteiger charge is -2.15. The number of hydrogen-bond donors (Lipinski definition) is 1. The van der Waals surface area contributed by atoms with Crippen LogP contribution in [0.1, 0.15) is 22.7 Å². The van der Waals surface area contributed by atoms with Gasteiger partial charge < -0.3 is 10.5 Å². The summed E-state index contributed by atoms with van der Waals surface area (Å²) in [6, 6.07) is -0.711. The minimum Gasteiger partial charge on any atom is -0.318 e. The van der Waals surface area contributed by atoms with Crippen molar-refractivity contribution in [3.05, 3.63) is 34.9 Å². The number of aldehydes is 1. The fourth-order valence-electron chi connectivity index (χ4n) is 1.25. The van der Waals surface area contributed by atoms with E-state index in [9.17, 15) is 31.1 Å². The van der Waals surface area contributed by atoms with Crippen molar-refractivity contribution in [2.24, 2.45) is 5.73 Å². The number of alkyl halides is 6. The van der Waals surface area contributed by atoms with Crippen molar-refractivity contribution < 1.29 is 31.1 Å². The second-order valence-electron chi connectivity index (χ2n) is 3.50. The standard InChI is InChI=1S/C10H7F6NO.ClH/c11-9(12,13)6-1-5(8(17)4-18)2-7(3-6)10(14,15)16;/h1-4,8H,17H2;1H. The largest absolute Gasteiger partial charge is 0.416 e. The molecule has 0 aromatic heterocycles. The fourth-order valence-corrected chi connectivity index (χ4v) is 1.25. The Kier molecular flexibility index (Phi) is 5.40. The van der Waals surface area contributed by atoms with Gasteiger partial charge in [-0.1, -0.05) is 0 Å². The summed E-state index contributed by atoms with van der Waals surface area (Å²) in [5.74, 6) is 0. The number of hydrogen-bond acceptors (Lipinski definition) is 2. The van der Waals surface area contributed by atoms with E-state index in [0.717, 1.165) is 0 Å². The maximum atomic E-state index is 12.4. The van der Waals surface area contributed by atoms with Gasteiger partial charge in [0.15, 0.2) is 0 Å². The predicted molar refractivity (Wildman–Crippen MR) is 56.7 cm³/mol. The molecule has 1 unspecified atom stereocenters. The van der Waals surface area contributed by atoms with Crippen LogP contribution in [-0.4, -0.2) is 6.29 Å². The lowest BCUT2D eigenvalue weighted by Crippen LogP contribution is -2.16. The summed E-state index contributed by atoms with van der Waals surface area (Å²) in [7, 11) is 0. The minimum absolute atomic E-state index is 0. The van der Waals surface area contributed by atoms with Crippen LogP contribution in [0.4, 0.5) is 26.3 Å². The van der Waals surface area contributed by atoms with Crippen LogP contribution < -0.4 is 5.73 Å². The van der Waals surface area contributed by atoms with E-state index < -0.39 is 35.1 Å². The summed E-state index contributed by atoms with van der Waals surface area (Å²) in [4.78, 5) is 10.3. The van der Waals surface area contributed by atoms with Gasteiger partial charge in [-0.3, -0.25) is 0 Å². The molecule has 0 amide bonds. The Hall–Kier alpha value is -1.28. The van der Waals surface area contributed by atoms with E-state index in [2.05, 4.69) is 0 Å². The van der Waals surface area contributed by atoms with Crippen molar-refractivity contribution in [2.75, 3.05) is 0 Å². The van der Waals surface area contributed by atoms with Gasteiger partial charge in [0.25, 0.3) is 0 Å². The highest BCUT2D eigenvalue weighted by Crippen LogP contribution is 2.36. The van der Waals surface area contributed by atoms with Crippen molar-refractivity contribution in [1.29, 1.82) is 0 Å². The molecule has 0 aliphatic heterocycles. The predicted octanol–water partition coefficient (Wildman–Crippen LogP) is 3.34. The third-order valence-corrected chi connectivity index (χ3v) is 2.14. The Bertz CT molecular complexity index is 424. The molecule has 0 saturated heterocycles. The molecule has 0 spiro atoms. The third kappa shape index (κ3) is 4.39. The van der Waals surface area contributed by atoms with Gasteiger partial charge in [0.05, 0.1) is 17.2 Å². The van der Waals surface area contributed by atoms with Crippen LogP contribution in [0.2, 0.25) is 0 Å². The van der Waals surface area contributed by atoms with E-state index in [4.69, 9.17) is 5.73 Å². The highest BCUT2D eigenvalue weighted by atomic mass is 35.5. The third-order valence-electron chi connectivity index (χ3n) is 2.14. The molecule has 1 atom stereocenters. The Labute approximate surface area is 110 Å². The van der Waals surface area contributed by atoms with Crippen molar-refractivity contribution in [2.45, 2.75) is 18.4 Å². The van der Waals surface area contributed by atoms with E-state index >= 15 is 0 Å². The molecule has 0 heterocycles. The average molecular weight is 308 g/mol. The Morgan fingerprint density at radius 3 is 1.58 bits per heavy atom. The smallest absolute Gasteiger partial charge is 0.318 e. The molecule has 0 aliphatic carbocycles. The summed E-state index contributed by atoms with van der Waals surface area (Å²) in [6.07, 6.45) is -9.83. The molecular weight excluding hydrogens is 300 g/mol. The van der Waals surface area contributed by atoms with Crippen LogP contribution in [-0.2, 0) is 17.1 Å². The zero-order valence-electron chi connectivity index (χ0n) is 9.05. The van der Waals surface area contributed by atoms with Gasteiger partial charge in [-0.2, -0.15) is 26.3 Å². The lowest BCUT2D eigenvalue weighted by molar-refractivity contribution is -0.143. The SMILES string of the molecule is Cl.NC(C=O)c1cc(C(F)(F)F)cc(C(F)(F)F)c1. The van der Waals surface area contributed by atoms with Crippen molar-refractivity contribution in [3.63, 3.8) is 0 Å². The van der Waals surface area contributed by atoms with Crippen LogP contribution >= 0.6 is 12.4 Å². The number of nitrogens with two attached hydrogens (primary N) is 1. The maximum absolute atomic E-state index is 12.4. The van der Waals surface area contributed by atoms with Crippen LogP contribution in [0, 0.1) is 0 Å². The van der Waals surface area contributed by atoms with Gasteiger partial charge in [-0.05, 0) is 23.8 Å². The highest BCUT2D eigenvalue weighted by molar-refractivity contribution is 5.85. The molecule has 1 aromatic rings. The summed E-state index contributed by atoms with van der Waals surface area (Å²) in [6.45, 7) is 0. The van der Waals surface area contributed by atoms with Crippen LogP contribution in [0.25, 0.3) is 0 Å². The first-order valence-electron chi connectivity index (χ1n) is 4.56. The van der Waals surface area contributed by atoms with Crippen LogP contribution in [0.5, 0.6) is 0 Å². The Balaban J connectivity index is 0.00000324. The van der Waals surface area contributed by atoms with Crippen LogP contribution in [0.3, 0.4) is 0 Å². The lowest BCUT2D eigenvalue weighted by atomic mass is 10.0. The molecule has 0 bridgehead atoms. The molecule has 1 rings (SSSR count). The summed E-state index contributed by atoms with van der Waals surface area (Å²) in [5.41, 5.74) is 1.59. The molecule has 19 heavy (non-hydrogen) atoms. The zero-order chi connectivity index (χ0) is 14.1. The first-order chi connectivity index (χ1) is 8.05. The molecule has 1 aromatic carbocycles. The zero-order valence-corrected chi connectivity index (χ0v) is 9.86. The van der Waals surface area contributed by atoms with E-state index in [1.807, 2.05) is 0 Å². The first-order valence-corrected chi connectivity index (χ1v) is 4.56. The van der Waals surface area contributed by atoms with Crippen molar-refractivity contribution in [3.8, 4) is 0 Å². The van der Waals surface area contributed by atoms with Gasteiger partial charge in [-0.25, -0.2) is 0 Å². The van der Waals surface area contributed by atoms with Gasteiger partial charge in [0.2, 0.25) is 0 Å². The highest BCUT2D eigenvalue weighted by Gasteiger charge is 2.37. The van der Waals surface area contributed by atoms with Gasteiger partial charge >= 0.3 is 12.4 Å². The van der Waals surface area contributed by atoms with Gasteiger partial charge in [0.1, 0.15) is 6.29 Å². The van der Waals surface area contributed by atoms with Crippen LogP contribution in [0.15, 0.2) is 18.2 Å². The molecule has 0 radical (unpaired) electrons. The monoisotopic (exact) mass is 307 g/mol. The Morgan fingerprint density at radius 2 is 1.32 bits per heavy atom. The maximum Gasteiger partial charge on any atom is 0.416 e. The molecule has 2 N–H and O–H groups in total. The molecule has 0 fully saturated rings. The average Bonchev–Trinajstić information content (AvgIpc) is 2.25. The Morgan fingerprint density at radius 1 is 0.947 bits per heavy atom. The quantitative estimate of drug-likeness (QED) is 0.672. The second kappa shape index (κ2) is 5.79. The summed E-state index contributed by atoms with van der Waals surface area (Å²) in [5, 5.41) is 0. The van der Waals surface area contributed by atoms with E-state index in [1.54, 1.807) is 0 Å². The second-order valence-corrected chi connectivity index (χ2v) is 3.50. The van der Waals surface area contributed by atoms with E-state index in [0.29, 0.717) is 12.1 Å². The fraction of sp³-hybridized carbons (Fsp3) is 0.300. The summed E-state index contributed by atoms with van der Waals surface area (Å²) >= 11 is 0. The van der Waals surface area contributed by atoms with Gasteiger partial charge in [0, 0.05) is 0 Å². The first kappa shape index (κ1) is 17.7. The number of carbonyl (C=O) groups is 1.